The van der Waals surface area contributed by atoms with Gasteiger partial charge >= 0.3 is 0 Å². The van der Waals surface area contributed by atoms with Crippen molar-refractivity contribution in [3.63, 3.8) is 0 Å². The minimum absolute atomic E-state index is 0.0277. The van der Waals surface area contributed by atoms with E-state index in [0.29, 0.717) is 12.1 Å². The fourth-order valence-electron chi connectivity index (χ4n) is 1.51. The molecule has 5 heteroatoms. The van der Waals surface area contributed by atoms with Crippen molar-refractivity contribution in [2.45, 2.75) is 25.8 Å². The number of phenolic OH excluding ortho intramolecular Hbond substituents is 1. The van der Waals surface area contributed by atoms with Crippen LogP contribution < -0.4 is 11.1 Å². The van der Waals surface area contributed by atoms with Gasteiger partial charge in [0.2, 0.25) is 0 Å². The van der Waals surface area contributed by atoms with Crippen LogP contribution >= 0.6 is 11.6 Å². The first-order valence-electron chi connectivity index (χ1n) is 5.58. The molecule has 0 aliphatic heterocycles. The molecule has 0 bridgehead atoms. The van der Waals surface area contributed by atoms with Crippen LogP contribution in [-0.4, -0.2) is 23.6 Å². The number of nitrogens with two attached hydrogens (primary N) is 1. The summed E-state index contributed by atoms with van der Waals surface area (Å²) in [4.78, 5) is 11.8. The van der Waals surface area contributed by atoms with Gasteiger partial charge in [0.1, 0.15) is 5.75 Å². The fourth-order valence-corrected chi connectivity index (χ4v) is 1.69. The molecule has 0 saturated heterocycles. The van der Waals surface area contributed by atoms with Gasteiger partial charge < -0.3 is 16.2 Å². The first kappa shape index (κ1) is 13.8. The molecule has 1 unspecified atom stereocenters. The van der Waals surface area contributed by atoms with Gasteiger partial charge in [-0.1, -0.05) is 24.9 Å². The predicted octanol–water partition coefficient (Wildman–Crippen LogP) is 1.90. The number of carbonyl (C=O) groups excluding carboxylic acids is 1. The van der Waals surface area contributed by atoms with Crippen LogP contribution in [0.15, 0.2) is 18.2 Å². The first-order chi connectivity index (χ1) is 8.08. The van der Waals surface area contributed by atoms with Crippen LogP contribution in [0.4, 0.5) is 0 Å². The Kier molecular flexibility index (Phi) is 5.25. The van der Waals surface area contributed by atoms with Crippen LogP contribution in [0.25, 0.3) is 0 Å². The largest absolute Gasteiger partial charge is 0.506 e. The Bertz CT molecular complexity index is 396. The molecule has 0 aliphatic carbocycles. The van der Waals surface area contributed by atoms with Crippen LogP contribution in [0, 0.1) is 0 Å². The molecule has 0 aromatic heterocycles. The van der Waals surface area contributed by atoms with E-state index < -0.39 is 0 Å². The molecule has 0 aliphatic rings. The summed E-state index contributed by atoms with van der Waals surface area (Å²) in [6.45, 7) is 2.44. The smallest absolute Gasteiger partial charge is 0.251 e. The zero-order valence-corrected chi connectivity index (χ0v) is 10.5. The van der Waals surface area contributed by atoms with E-state index in [9.17, 15) is 9.90 Å². The lowest BCUT2D eigenvalue weighted by atomic mass is 10.1. The van der Waals surface area contributed by atoms with Gasteiger partial charge in [-0.25, -0.2) is 0 Å². The minimum Gasteiger partial charge on any atom is -0.506 e. The Labute approximate surface area is 106 Å². The summed E-state index contributed by atoms with van der Waals surface area (Å²) >= 11 is 5.73. The fraction of sp³-hybridized carbons (Fsp3) is 0.417. The molecule has 4 nitrogen and oxygen atoms in total. The third kappa shape index (κ3) is 3.91. The Morgan fingerprint density at radius 2 is 2.29 bits per heavy atom. The third-order valence-corrected chi connectivity index (χ3v) is 2.77. The van der Waals surface area contributed by atoms with Gasteiger partial charge in [0, 0.05) is 18.2 Å². The summed E-state index contributed by atoms with van der Waals surface area (Å²) in [6, 6.07) is 4.33. The highest BCUT2D eigenvalue weighted by molar-refractivity contribution is 6.32. The number of benzene rings is 1. The first-order valence-corrected chi connectivity index (χ1v) is 5.95. The zero-order valence-electron chi connectivity index (χ0n) is 9.74. The lowest BCUT2D eigenvalue weighted by Gasteiger charge is -2.16. The second-order valence-electron chi connectivity index (χ2n) is 3.86. The summed E-state index contributed by atoms with van der Waals surface area (Å²) in [7, 11) is 0. The highest BCUT2D eigenvalue weighted by Crippen LogP contribution is 2.23. The number of hydrogen-bond acceptors (Lipinski definition) is 3. The van der Waals surface area contributed by atoms with Gasteiger partial charge in [-0.3, -0.25) is 4.79 Å². The molecular formula is C12H17ClN2O2. The monoisotopic (exact) mass is 256 g/mol. The Balaban J connectivity index is 2.72. The number of phenols is 1. The summed E-state index contributed by atoms with van der Waals surface area (Å²) in [5.74, 6) is -0.261. The van der Waals surface area contributed by atoms with Gasteiger partial charge in [-0.15, -0.1) is 0 Å². The van der Waals surface area contributed by atoms with Crippen LogP contribution in [0.5, 0.6) is 5.75 Å². The molecule has 1 aromatic carbocycles. The average molecular weight is 257 g/mol. The highest BCUT2D eigenvalue weighted by Gasteiger charge is 2.12. The molecule has 0 saturated carbocycles. The van der Waals surface area contributed by atoms with Crippen LogP contribution in [-0.2, 0) is 0 Å². The van der Waals surface area contributed by atoms with Crippen molar-refractivity contribution in [1.82, 2.24) is 5.32 Å². The quantitative estimate of drug-likeness (QED) is 0.753. The SMILES string of the molecule is CCCC(CN)NC(=O)c1ccc(O)c(Cl)c1. The van der Waals surface area contributed by atoms with Crippen molar-refractivity contribution in [2.75, 3.05) is 6.54 Å². The normalized spacial score (nSPS) is 12.2. The molecule has 1 aromatic rings. The van der Waals surface area contributed by atoms with E-state index in [-0.39, 0.29) is 22.7 Å². The van der Waals surface area contributed by atoms with Crippen LogP contribution in [0.3, 0.4) is 0 Å². The van der Waals surface area contributed by atoms with Crippen molar-refractivity contribution >= 4 is 17.5 Å². The summed E-state index contributed by atoms with van der Waals surface area (Å²) in [5, 5.41) is 12.2. The lowest BCUT2D eigenvalue weighted by Crippen LogP contribution is -2.40. The third-order valence-electron chi connectivity index (χ3n) is 2.47. The van der Waals surface area contributed by atoms with E-state index in [1.807, 2.05) is 6.92 Å². The summed E-state index contributed by atoms with van der Waals surface area (Å²) in [5.41, 5.74) is 5.98. The van der Waals surface area contributed by atoms with Gasteiger partial charge in [0.15, 0.2) is 0 Å². The maximum atomic E-state index is 11.8. The number of aromatic hydroxyl groups is 1. The minimum atomic E-state index is -0.226. The molecule has 0 heterocycles. The molecule has 17 heavy (non-hydrogen) atoms. The van der Waals surface area contributed by atoms with Crippen molar-refractivity contribution in [2.24, 2.45) is 5.73 Å². The van der Waals surface area contributed by atoms with Crippen LogP contribution in [0.2, 0.25) is 5.02 Å². The molecule has 0 radical (unpaired) electrons. The summed E-state index contributed by atoms with van der Waals surface area (Å²) in [6.07, 6.45) is 1.80. The molecule has 4 N–H and O–H groups in total. The Morgan fingerprint density at radius 3 is 2.82 bits per heavy atom. The number of carbonyl (C=O) groups is 1. The van der Waals surface area contributed by atoms with E-state index in [2.05, 4.69) is 5.32 Å². The molecule has 1 rings (SSSR count). The Hall–Kier alpha value is -1.26. The molecule has 0 fully saturated rings. The van der Waals surface area contributed by atoms with Crippen molar-refractivity contribution < 1.29 is 9.90 Å². The maximum absolute atomic E-state index is 11.8. The second-order valence-corrected chi connectivity index (χ2v) is 4.27. The number of hydrogen-bond donors (Lipinski definition) is 3. The van der Waals surface area contributed by atoms with E-state index in [1.54, 1.807) is 0 Å². The van der Waals surface area contributed by atoms with E-state index >= 15 is 0 Å². The second kappa shape index (κ2) is 6.47. The zero-order chi connectivity index (χ0) is 12.8. The van der Waals surface area contributed by atoms with Gasteiger partial charge in [-0.05, 0) is 24.6 Å². The number of rotatable bonds is 5. The highest BCUT2D eigenvalue weighted by atomic mass is 35.5. The molecule has 94 valence electrons. The molecule has 1 atom stereocenters. The number of nitrogens with one attached hydrogen (secondary N) is 1. The molecule has 0 spiro atoms. The van der Waals surface area contributed by atoms with Crippen LogP contribution in [0.1, 0.15) is 30.1 Å². The van der Waals surface area contributed by atoms with Crippen molar-refractivity contribution in [1.29, 1.82) is 0 Å². The maximum Gasteiger partial charge on any atom is 0.251 e. The van der Waals surface area contributed by atoms with E-state index in [0.717, 1.165) is 12.8 Å². The molecule has 1 amide bonds. The number of amides is 1. The summed E-state index contributed by atoms with van der Waals surface area (Å²) < 4.78 is 0. The average Bonchev–Trinajstić information content (AvgIpc) is 2.31. The topological polar surface area (TPSA) is 75.3 Å². The predicted molar refractivity (Wildman–Crippen MR) is 68.3 cm³/mol. The lowest BCUT2D eigenvalue weighted by molar-refractivity contribution is 0.0936. The molecular weight excluding hydrogens is 240 g/mol. The van der Waals surface area contributed by atoms with Gasteiger partial charge in [0.05, 0.1) is 5.02 Å². The van der Waals surface area contributed by atoms with E-state index in [4.69, 9.17) is 17.3 Å². The van der Waals surface area contributed by atoms with Gasteiger partial charge in [0.25, 0.3) is 5.91 Å². The van der Waals surface area contributed by atoms with Gasteiger partial charge in [-0.2, -0.15) is 0 Å². The van der Waals surface area contributed by atoms with E-state index in [1.165, 1.54) is 18.2 Å². The Morgan fingerprint density at radius 1 is 1.59 bits per heavy atom. The van der Waals surface area contributed by atoms with Crippen molar-refractivity contribution in [3.05, 3.63) is 28.8 Å². The van der Waals surface area contributed by atoms with Crippen molar-refractivity contribution in [3.8, 4) is 5.75 Å². The number of halogens is 1. The standard InChI is InChI=1S/C12H17ClN2O2/c1-2-3-9(7-14)15-12(17)8-4-5-11(16)10(13)6-8/h4-6,9,16H,2-3,7,14H2,1H3,(H,15,17).